The fourth-order valence-corrected chi connectivity index (χ4v) is 5.93. The van der Waals surface area contributed by atoms with Gasteiger partial charge >= 0.3 is 0 Å². The molecular weight excluding hydrogens is 568 g/mol. The zero-order valence-electron chi connectivity index (χ0n) is 28.3. The van der Waals surface area contributed by atoms with Crippen molar-refractivity contribution in [2.75, 3.05) is 13.2 Å². The molecule has 1 aromatic carbocycles. The maximum Gasteiger partial charge on any atom is 0.132 e. The van der Waals surface area contributed by atoms with E-state index in [1.807, 2.05) is 36.4 Å². The average Bonchev–Trinajstić information content (AvgIpc) is 3.00. The third kappa shape index (κ3) is 10.1. The Morgan fingerprint density at radius 2 is 1.00 bits per heavy atom. The van der Waals surface area contributed by atoms with E-state index in [-0.39, 0.29) is 22.0 Å². The number of hydrogen-bond donors (Lipinski definition) is 0. The van der Waals surface area contributed by atoms with E-state index in [0.29, 0.717) is 26.1 Å². The number of rotatable bonds is 12. The fourth-order valence-electron chi connectivity index (χ4n) is 5.93. The van der Waals surface area contributed by atoms with E-state index in [2.05, 4.69) is 78.0 Å². The van der Waals surface area contributed by atoms with Gasteiger partial charge in [-0.05, 0) is 83.8 Å². The number of hydrogen-bond acceptors (Lipinski definition) is 6. The molecule has 0 amide bonds. The largest absolute Gasteiger partial charge is 0.493 e. The molecular formula is C40H46N4O2. The molecule has 0 atom stereocenters. The molecule has 6 heteroatoms. The Hall–Kier alpha value is -4.78. The van der Waals surface area contributed by atoms with Crippen LogP contribution in [-0.2, 0) is 0 Å². The zero-order valence-corrected chi connectivity index (χ0v) is 28.3. The molecule has 0 aromatic heterocycles. The number of benzene rings is 1. The van der Waals surface area contributed by atoms with Crippen LogP contribution in [0.4, 0.5) is 0 Å². The number of allylic oxidation sites excluding steroid dienone is 10. The molecule has 0 spiro atoms. The summed E-state index contributed by atoms with van der Waals surface area (Å²) in [6, 6.07) is 12.3. The molecule has 0 saturated heterocycles. The molecule has 46 heavy (non-hydrogen) atoms. The SMILES string of the molecule is CCCCOc1cc(/C=C/C2=CC(=C(C#N)C#N)CC(C)(C)C2)c(OCCCC)cc1/C=C/C1=CC(=C(C#N)C#N)CC(C)(C)C1. The first-order chi connectivity index (χ1) is 22.0. The first-order valence-corrected chi connectivity index (χ1v) is 16.3. The van der Waals surface area contributed by atoms with Crippen molar-refractivity contribution in [1.82, 2.24) is 0 Å². The van der Waals surface area contributed by atoms with Gasteiger partial charge in [0.05, 0.1) is 13.2 Å². The summed E-state index contributed by atoms with van der Waals surface area (Å²) in [5, 5.41) is 38.0. The summed E-state index contributed by atoms with van der Waals surface area (Å²) in [5.41, 5.74) is 5.62. The monoisotopic (exact) mass is 614 g/mol. The molecule has 0 heterocycles. The number of nitrogens with zero attached hydrogens (tertiary/aromatic N) is 4. The van der Waals surface area contributed by atoms with E-state index in [1.54, 1.807) is 0 Å². The highest BCUT2D eigenvalue weighted by molar-refractivity contribution is 5.70. The quantitative estimate of drug-likeness (QED) is 0.171. The molecule has 0 bridgehead atoms. The van der Waals surface area contributed by atoms with Crippen molar-refractivity contribution in [2.45, 2.75) is 92.9 Å². The van der Waals surface area contributed by atoms with Crippen molar-refractivity contribution in [1.29, 1.82) is 21.0 Å². The minimum atomic E-state index is -0.0785. The minimum Gasteiger partial charge on any atom is -0.493 e. The molecule has 6 nitrogen and oxygen atoms in total. The van der Waals surface area contributed by atoms with E-state index in [9.17, 15) is 21.0 Å². The third-order valence-corrected chi connectivity index (χ3v) is 8.12. The Kier molecular flexibility index (Phi) is 12.8. The smallest absolute Gasteiger partial charge is 0.132 e. The van der Waals surface area contributed by atoms with Crippen LogP contribution >= 0.6 is 0 Å². The van der Waals surface area contributed by atoms with Gasteiger partial charge in [0.1, 0.15) is 46.9 Å². The number of unbranched alkanes of at least 4 members (excludes halogenated alkanes) is 2. The highest BCUT2D eigenvalue weighted by Gasteiger charge is 2.27. The van der Waals surface area contributed by atoms with Gasteiger partial charge in [0.25, 0.3) is 0 Å². The second-order valence-corrected chi connectivity index (χ2v) is 13.7. The highest BCUT2D eigenvalue weighted by Crippen LogP contribution is 2.42. The zero-order chi connectivity index (χ0) is 33.7. The number of nitriles is 4. The van der Waals surface area contributed by atoms with Crippen LogP contribution < -0.4 is 9.47 Å². The van der Waals surface area contributed by atoms with Crippen molar-refractivity contribution in [2.24, 2.45) is 10.8 Å². The summed E-state index contributed by atoms with van der Waals surface area (Å²) in [6.07, 6.45) is 19.1. The van der Waals surface area contributed by atoms with E-state index in [4.69, 9.17) is 9.47 Å². The van der Waals surface area contributed by atoms with Gasteiger partial charge in [-0.2, -0.15) is 21.0 Å². The van der Waals surface area contributed by atoms with Gasteiger partial charge < -0.3 is 9.47 Å². The van der Waals surface area contributed by atoms with Gasteiger partial charge in [-0.1, -0.05) is 90.8 Å². The molecule has 1 aromatic rings. The van der Waals surface area contributed by atoms with Crippen molar-refractivity contribution in [3.05, 3.63) is 81.0 Å². The summed E-state index contributed by atoms with van der Waals surface area (Å²) in [7, 11) is 0. The lowest BCUT2D eigenvalue weighted by atomic mass is 9.74. The summed E-state index contributed by atoms with van der Waals surface area (Å²) < 4.78 is 12.7. The lowest BCUT2D eigenvalue weighted by Crippen LogP contribution is -2.17. The van der Waals surface area contributed by atoms with Gasteiger partial charge in [-0.25, -0.2) is 0 Å². The Bertz CT molecular complexity index is 1490. The van der Waals surface area contributed by atoms with Crippen LogP contribution in [0.1, 0.15) is 104 Å². The van der Waals surface area contributed by atoms with E-state index in [1.165, 1.54) is 0 Å². The minimum absolute atomic E-state index is 0.0785. The average molecular weight is 615 g/mol. The molecule has 0 aliphatic heterocycles. The molecule has 238 valence electrons. The van der Waals surface area contributed by atoms with Crippen molar-refractivity contribution in [3.8, 4) is 35.8 Å². The van der Waals surface area contributed by atoms with Gasteiger partial charge in [0.15, 0.2) is 0 Å². The van der Waals surface area contributed by atoms with Gasteiger partial charge in [0, 0.05) is 11.1 Å². The standard InChI is InChI=1S/C40H46N4O2/c1-7-9-15-45-37-19-32(14-12-30-18-34(36(27-43)28-44)24-40(5,6)22-30)38(46-16-10-8-2)20-31(37)13-11-29-17-33(35(25-41)26-42)23-39(3,4)21-29/h11-14,17-20H,7-10,15-16,21-24H2,1-6H3/b13-11+,14-12+. The van der Waals surface area contributed by atoms with Crippen LogP contribution in [-0.4, -0.2) is 13.2 Å². The van der Waals surface area contributed by atoms with Crippen LogP contribution in [0.3, 0.4) is 0 Å². The molecule has 0 unspecified atom stereocenters. The Morgan fingerprint density at radius 1 is 0.630 bits per heavy atom. The molecule has 2 aliphatic rings. The topological polar surface area (TPSA) is 114 Å². The van der Waals surface area contributed by atoms with E-state index < -0.39 is 0 Å². The Morgan fingerprint density at radius 3 is 1.33 bits per heavy atom. The van der Waals surface area contributed by atoms with Crippen molar-refractivity contribution < 1.29 is 9.47 Å². The van der Waals surface area contributed by atoms with Crippen LogP contribution in [0.5, 0.6) is 11.5 Å². The van der Waals surface area contributed by atoms with Crippen molar-refractivity contribution >= 4 is 12.2 Å². The lowest BCUT2D eigenvalue weighted by Gasteiger charge is -2.30. The van der Waals surface area contributed by atoms with Crippen LogP contribution in [0.25, 0.3) is 12.2 Å². The molecule has 2 aliphatic carbocycles. The maximum atomic E-state index is 9.49. The Labute approximate surface area is 275 Å². The molecule has 0 fully saturated rings. The highest BCUT2D eigenvalue weighted by atomic mass is 16.5. The molecule has 0 saturated carbocycles. The van der Waals surface area contributed by atoms with Crippen molar-refractivity contribution in [3.63, 3.8) is 0 Å². The predicted molar refractivity (Wildman–Crippen MR) is 184 cm³/mol. The summed E-state index contributed by atoms with van der Waals surface area (Å²) in [4.78, 5) is 0. The molecule has 0 radical (unpaired) electrons. The van der Waals surface area contributed by atoms with Crippen LogP contribution in [0.15, 0.2) is 69.9 Å². The lowest BCUT2D eigenvalue weighted by molar-refractivity contribution is 0.300. The first-order valence-electron chi connectivity index (χ1n) is 16.3. The summed E-state index contributed by atoms with van der Waals surface area (Å²) in [5.74, 6) is 1.51. The van der Waals surface area contributed by atoms with Gasteiger partial charge in [-0.3, -0.25) is 0 Å². The molecule has 3 rings (SSSR count). The first kappa shape index (κ1) is 35.7. The van der Waals surface area contributed by atoms with Crippen LogP contribution in [0, 0.1) is 56.2 Å². The van der Waals surface area contributed by atoms with E-state index in [0.717, 1.165) is 83.4 Å². The third-order valence-electron chi connectivity index (χ3n) is 8.12. The predicted octanol–water partition coefficient (Wildman–Crippen LogP) is 10.3. The van der Waals surface area contributed by atoms with Gasteiger partial charge in [0.2, 0.25) is 0 Å². The second kappa shape index (κ2) is 16.5. The fraction of sp³-hybridized carbons (Fsp3) is 0.450. The summed E-state index contributed by atoms with van der Waals surface area (Å²) in [6.45, 7) is 14.1. The van der Waals surface area contributed by atoms with Gasteiger partial charge in [-0.15, -0.1) is 0 Å². The second-order valence-electron chi connectivity index (χ2n) is 13.7. The maximum absolute atomic E-state index is 9.49. The van der Waals surface area contributed by atoms with Crippen LogP contribution in [0.2, 0.25) is 0 Å². The van der Waals surface area contributed by atoms with E-state index >= 15 is 0 Å². The summed E-state index contributed by atoms with van der Waals surface area (Å²) >= 11 is 0. The number of ether oxygens (including phenoxy) is 2. The Balaban J connectivity index is 2.11. The normalized spacial score (nSPS) is 16.9. The molecule has 0 N–H and O–H groups in total.